The molecule has 1 saturated heterocycles. The van der Waals surface area contributed by atoms with Crippen LogP contribution in [0, 0.1) is 17.7 Å². The minimum atomic E-state index is -4.95. The molecule has 0 spiro atoms. The zero-order chi connectivity index (χ0) is 34.1. The van der Waals surface area contributed by atoms with Gasteiger partial charge in [-0.05, 0) is 68.2 Å². The number of anilines is 1. The number of amides is 3. The smallest absolute Gasteiger partial charge is 0.378 e. The Morgan fingerprint density at radius 3 is 2.28 bits per heavy atom. The Labute approximate surface area is 265 Å². The van der Waals surface area contributed by atoms with Crippen LogP contribution in [-0.4, -0.2) is 67.3 Å². The van der Waals surface area contributed by atoms with Gasteiger partial charge in [-0.3, -0.25) is 9.69 Å². The van der Waals surface area contributed by atoms with E-state index in [4.69, 9.17) is 10.00 Å². The van der Waals surface area contributed by atoms with Crippen molar-refractivity contribution in [2.75, 3.05) is 31.2 Å². The number of rotatable bonds is 9. The predicted octanol–water partition coefficient (Wildman–Crippen LogP) is 7.57. The van der Waals surface area contributed by atoms with Gasteiger partial charge in [-0.25, -0.2) is 23.2 Å². The zero-order valence-corrected chi connectivity index (χ0v) is 26.0. The molecular weight excluding hydrogens is 614 g/mol. The van der Waals surface area contributed by atoms with Gasteiger partial charge in [0, 0.05) is 38.5 Å². The summed E-state index contributed by atoms with van der Waals surface area (Å²) in [7, 11) is 0. The number of nitriles is 1. The van der Waals surface area contributed by atoms with Crippen LogP contribution in [0.4, 0.5) is 36.8 Å². The SMILES string of the molecule is C#N.C\C=C/C(=C(\C=C\CC)C(C(=O)NC1CCC(F)(F)CC1)N(C(=O)N1CCOCC1)c1ccc(C2CC2)cc1F)C(F)(F)F. The third kappa shape index (κ3) is 9.37. The summed E-state index contributed by atoms with van der Waals surface area (Å²) in [6.07, 6.45) is 0.431. The Bertz CT molecular complexity index is 1320. The number of alkyl halides is 5. The number of hydrogen-bond acceptors (Lipinski definition) is 4. The first-order valence-corrected chi connectivity index (χ1v) is 15.4. The minimum absolute atomic E-state index is 0.0774. The first-order chi connectivity index (χ1) is 21.9. The number of hydrogen-bond donors (Lipinski definition) is 1. The number of morpholine rings is 1. The lowest BCUT2D eigenvalue weighted by Gasteiger charge is -2.39. The topological polar surface area (TPSA) is 85.7 Å². The Balaban J connectivity index is 0.00000282. The molecule has 13 heteroatoms. The molecule has 1 heterocycles. The van der Waals surface area contributed by atoms with E-state index in [9.17, 15) is 31.5 Å². The predicted molar refractivity (Wildman–Crippen MR) is 162 cm³/mol. The van der Waals surface area contributed by atoms with Crippen molar-refractivity contribution in [2.45, 2.75) is 88.9 Å². The second kappa shape index (κ2) is 16.2. The Kier molecular flexibility index (Phi) is 12.9. The van der Waals surface area contributed by atoms with E-state index in [1.165, 1.54) is 36.1 Å². The third-order valence-electron chi connectivity index (χ3n) is 8.12. The first-order valence-electron chi connectivity index (χ1n) is 15.4. The van der Waals surface area contributed by atoms with Gasteiger partial charge in [0.05, 0.1) is 24.5 Å². The van der Waals surface area contributed by atoms with Gasteiger partial charge in [0.15, 0.2) is 0 Å². The van der Waals surface area contributed by atoms with Gasteiger partial charge in [-0.1, -0.05) is 37.3 Å². The van der Waals surface area contributed by atoms with Crippen LogP contribution in [0.15, 0.2) is 53.6 Å². The molecule has 1 unspecified atom stereocenters. The Morgan fingerprint density at radius 2 is 1.76 bits per heavy atom. The van der Waals surface area contributed by atoms with Crippen LogP contribution in [0.2, 0.25) is 0 Å². The Hall–Kier alpha value is -3.79. The average molecular weight is 655 g/mol. The number of carbonyl (C=O) groups is 2. The highest BCUT2D eigenvalue weighted by Crippen LogP contribution is 2.42. The summed E-state index contributed by atoms with van der Waals surface area (Å²) in [5, 5.41) is 9.14. The first kappa shape index (κ1) is 36.7. The van der Waals surface area contributed by atoms with Gasteiger partial charge in [0.1, 0.15) is 11.9 Å². The second-order valence-electron chi connectivity index (χ2n) is 11.5. The van der Waals surface area contributed by atoms with Gasteiger partial charge in [-0.15, -0.1) is 0 Å². The third-order valence-corrected chi connectivity index (χ3v) is 8.12. The van der Waals surface area contributed by atoms with Crippen molar-refractivity contribution in [1.29, 1.82) is 5.26 Å². The molecule has 1 N–H and O–H groups in total. The monoisotopic (exact) mass is 654 g/mol. The summed E-state index contributed by atoms with van der Waals surface area (Å²) >= 11 is 0. The highest BCUT2D eigenvalue weighted by Gasteiger charge is 2.44. The van der Waals surface area contributed by atoms with Gasteiger partial charge in [0.25, 0.3) is 0 Å². The van der Waals surface area contributed by atoms with Crippen LogP contribution in [0.5, 0.6) is 0 Å². The van der Waals surface area contributed by atoms with E-state index in [0.29, 0.717) is 12.0 Å². The molecular formula is C33H40F6N4O3. The quantitative estimate of drug-likeness (QED) is 0.220. The summed E-state index contributed by atoms with van der Waals surface area (Å²) < 4.78 is 93.0. The van der Waals surface area contributed by atoms with Crippen molar-refractivity contribution >= 4 is 17.6 Å². The number of nitrogens with one attached hydrogen (secondary N) is 1. The van der Waals surface area contributed by atoms with Gasteiger partial charge in [0.2, 0.25) is 11.8 Å². The summed E-state index contributed by atoms with van der Waals surface area (Å²) in [6, 6.07) is 0.588. The fourth-order valence-electron chi connectivity index (χ4n) is 5.60. The molecule has 0 bridgehead atoms. The van der Waals surface area contributed by atoms with Crippen LogP contribution >= 0.6 is 0 Å². The number of allylic oxidation sites excluding steroid dienone is 4. The largest absolute Gasteiger partial charge is 0.416 e. The minimum Gasteiger partial charge on any atom is -0.378 e. The molecule has 0 aromatic heterocycles. The zero-order valence-electron chi connectivity index (χ0n) is 26.0. The van der Waals surface area contributed by atoms with Crippen molar-refractivity contribution in [2.24, 2.45) is 0 Å². The molecule has 2 saturated carbocycles. The van der Waals surface area contributed by atoms with Crippen LogP contribution in [0.25, 0.3) is 0 Å². The maximum Gasteiger partial charge on any atom is 0.416 e. The maximum atomic E-state index is 16.0. The van der Waals surface area contributed by atoms with E-state index in [1.807, 2.05) is 0 Å². The van der Waals surface area contributed by atoms with Crippen LogP contribution in [-0.2, 0) is 9.53 Å². The number of carbonyl (C=O) groups excluding carboxylic acids is 2. The number of ether oxygens (including phenoxy) is 1. The van der Waals surface area contributed by atoms with Crippen LogP contribution in [0.1, 0.15) is 70.3 Å². The molecule has 3 fully saturated rings. The number of nitrogens with zero attached hydrogens (tertiary/aromatic N) is 3. The molecule has 1 aromatic rings. The molecule has 1 aromatic carbocycles. The van der Waals surface area contributed by atoms with Crippen LogP contribution in [0.3, 0.4) is 0 Å². The molecule has 252 valence electrons. The standard InChI is InChI=1S/C32H39F6N3O3.CHN/c1-3-5-7-24(25(6-4-2)32(36,37)38)28(29(42)39-23-12-14-31(34,35)15-13-23)41(30(43)40-16-18-44-19-17-40)27-11-10-22(20-26(27)33)21-8-9-21;1-2/h4-7,10-11,20-21,23,28H,3,8-9,12-19H2,1-2H3,(H,39,42);1H/b6-4-,7-5+,25-24-;. The summed E-state index contributed by atoms with van der Waals surface area (Å²) in [5.74, 6) is -4.63. The highest BCUT2D eigenvalue weighted by molar-refractivity contribution is 6.02. The van der Waals surface area contributed by atoms with Crippen molar-refractivity contribution in [1.82, 2.24) is 10.2 Å². The number of halogens is 6. The summed E-state index contributed by atoms with van der Waals surface area (Å²) in [4.78, 5) is 30.5. The number of benzene rings is 1. The van der Waals surface area contributed by atoms with Crippen molar-refractivity contribution in [3.63, 3.8) is 0 Å². The molecule has 3 aliphatic rings. The lowest BCUT2D eigenvalue weighted by atomic mass is 9.91. The lowest BCUT2D eigenvalue weighted by Crippen LogP contribution is -2.58. The summed E-state index contributed by atoms with van der Waals surface area (Å²) in [6.45, 7) is 7.04. The Morgan fingerprint density at radius 1 is 1.13 bits per heavy atom. The molecule has 0 radical (unpaired) electrons. The van der Waals surface area contributed by atoms with Crippen molar-refractivity contribution < 1.29 is 40.7 Å². The lowest BCUT2D eigenvalue weighted by molar-refractivity contribution is -0.123. The maximum absolute atomic E-state index is 16.0. The van der Waals surface area contributed by atoms with E-state index in [2.05, 4.69) is 11.9 Å². The molecule has 7 nitrogen and oxygen atoms in total. The molecule has 4 rings (SSSR count). The van der Waals surface area contributed by atoms with Gasteiger partial charge in [-0.2, -0.15) is 13.2 Å². The van der Waals surface area contributed by atoms with Crippen molar-refractivity contribution in [3.8, 4) is 6.57 Å². The highest BCUT2D eigenvalue weighted by atomic mass is 19.4. The normalized spacial score (nSPS) is 20.1. The fourth-order valence-corrected chi connectivity index (χ4v) is 5.60. The van der Waals surface area contributed by atoms with E-state index in [1.54, 1.807) is 13.0 Å². The van der Waals surface area contributed by atoms with Gasteiger partial charge >= 0.3 is 12.2 Å². The molecule has 3 amide bonds. The van der Waals surface area contributed by atoms with E-state index >= 15 is 4.39 Å². The second-order valence-corrected chi connectivity index (χ2v) is 11.5. The van der Waals surface area contributed by atoms with E-state index < -0.39 is 65.9 Å². The van der Waals surface area contributed by atoms with Gasteiger partial charge < -0.3 is 15.0 Å². The van der Waals surface area contributed by atoms with Crippen LogP contribution < -0.4 is 10.2 Å². The fraction of sp³-hybridized carbons (Fsp3) is 0.545. The van der Waals surface area contributed by atoms with Crippen molar-refractivity contribution in [3.05, 3.63) is 65.0 Å². The molecule has 2 aliphatic carbocycles. The number of urea groups is 1. The van der Waals surface area contributed by atoms with E-state index in [0.717, 1.165) is 29.9 Å². The summed E-state index contributed by atoms with van der Waals surface area (Å²) in [5.41, 5.74) is -1.41. The molecule has 1 atom stereocenters. The molecule has 1 aliphatic heterocycles. The van der Waals surface area contributed by atoms with E-state index in [-0.39, 0.29) is 50.8 Å². The molecule has 46 heavy (non-hydrogen) atoms. The average Bonchev–Trinajstić information content (AvgIpc) is 3.88.